The van der Waals surface area contributed by atoms with E-state index in [0.29, 0.717) is 35.5 Å². The fraction of sp³-hybridized carbons (Fsp3) is 0.130. The van der Waals surface area contributed by atoms with Gasteiger partial charge in [-0.05, 0) is 35.4 Å². The van der Waals surface area contributed by atoms with Crippen LogP contribution in [0.1, 0.15) is 27.1 Å². The molecule has 0 unspecified atom stereocenters. The van der Waals surface area contributed by atoms with Crippen LogP contribution in [0, 0.1) is 0 Å². The van der Waals surface area contributed by atoms with E-state index in [1.165, 1.54) is 0 Å². The number of rotatable bonds is 3. The topological polar surface area (TPSA) is 46.6 Å². The standard InChI is InChI=1S/C23H19NO3/c1-27-22-12-11-17(16-7-3-2-4-8-16)15-19(22)23(26)24-14-13-21(25)18-9-5-6-10-20(18)24/h2-12,15H,13-14H2,1H3. The number of hydrogen-bond donors (Lipinski definition) is 0. The third-order valence-electron chi connectivity index (χ3n) is 4.84. The van der Waals surface area contributed by atoms with Crippen LogP contribution in [0.2, 0.25) is 0 Å². The van der Waals surface area contributed by atoms with E-state index in [1.807, 2.05) is 66.7 Å². The van der Waals surface area contributed by atoms with Crippen LogP contribution in [0.3, 0.4) is 0 Å². The molecule has 0 saturated carbocycles. The van der Waals surface area contributed by atoms with Gasteiger partial charge in [-0.2, -0.15) is 0 Å². The number of Topliss-reactive ketones (excluding diaryl/α,β-unsaturated/α-hetero) is 1. The molecule has 1 heterocycles. The molecule has 0 saturated heterocycles. The highest BCUT2D eigenvalue weighted by atomic mass is 16.5. The SMILES string of the molecule is COc1ccc(-c2ccccc2)cc1C(=O)N1CCC(=O)c2ccccc21. The largest absolute Gasteiger partial charge is 0.496 e. The average Bonchev–Trinajstić information content (AvgIpc) is 2.74. The molecule has 27 heavy (non-hydrogen) atoms. The Labute approximate surface area is 158 Å². The second-order valence-corrected chi connectivity index (χ2v) is 6.43. The number of carbonyl (C=O) groups is 2. The lowest BCUT2D eigenvalue weighted by molar-refractivity contribution is 0.0954. The number of ether oxygens (including phenoxy) is 1. The van der Waals surface area contributed by atoms with Crippen LogP contribution in [0.5, 0.6) is 5.75 Å². The number of anilines is 1. The van der Waals surface area contributed by atoms with Crippen molar-refractivity contribution in [2.75, 3.05) is 18.6 Å². The number of para-hydroxylation sites is 1. The molecule has 1 aliphatic heterocycles. The summed E-state index contributed by atoms with van der Waals surface area (Å²) in [4.78, 5) is 27.2. The van der Waals surface area contributed by atoms with Gasteiger partial charge >= 0.3 is 0 Å². The molecule has 0 bridgehead atoms. The molecule has 4 nitrogen and oxygen atoms in total. The zero-order chi connectivity index (χ0) is 18.8. The van der Waals surface area contributed by atoms with Crippen molar-refractivity contribution in [1.82, 2.24) is 0 Å². The minimum absolute atomic E-state index is 0.0691. The van der Waals surface area contributed by atoms with Crippen molar-refractivity contribution in [2.45, 2.75) is 6.42 Å². The molecule has 4 heteroatoms. The van der Waals surface area contributed by atoms with Crippen LogP contribution in [0.15, 0.2) is 72.8 Å². The van der Waals surface area contributed by atoms with E-state index in [0.717, 1.165) is 11.1 Å². The van der Waals surface area contributed by atoms with Crippen molar-refractivity contribution in [3.8, 4) is 16.9 Å². The third kappa shape index (κ3) is 3.10. The van der Waals surface area contributed by atoms with Crippen LogP contribution < -0.4 is 9.64 Å². The van der Waals surface area contributed by atoms with Gasteiger partial charge in [0.25, 0.3) is 5.91 Å². The van der Waals surface area contributed by atoms with E-state index in [4.69, 9.17) is 4.74 Å². The van der Waals surface area contributed by atoms with Gasteiger partial charge in [-0.1, -0.05) is 48.5 Å². The zero-order valence-corrected chi connectivity index (χ0v) is 15.0. The minimum Gasteiger partial charge on any atom is -0.496 e. The summed E-state index contributed by atoms with van der Waals surface area (Å²) >= 11 is 0. The van der Waals surface area contributed by atoms with Crippen LogP contribution >= 0.6 is 0 Å². The lowest BCUT2D eigenvalue weighted by atomic mass is 9.98. The zero-order valence-electron chi connectivity index (χ0n) is 15.0. The van der Waals surface area contributed by atoms with E-state index >= 15 is 0 Å². The molecule has 0 aromatic heterocycles. The van der Waals surface area contributed by atoms with Gasteiger partial charge < -0.3 is 9.64 Å². The predicted molar refractivity (Wildman–Crippen MR) is 105 cm³/mol. The lowest BCUT2D eigenvalue weighted by Crippen LogP contribution is -2.37. The van der Waals surface area contributed by atoms with Crippen molar-refractivity contribution in [3.63, 3.8) is 0 Å². The molecule has 134 valence electrons. The van der Waals surface area contributed by atoms with E-state index < -0.39 is 0 Å². The van der Waals surface area contributed by atoms with Crippen molar-refractivity contribution < 1.29 is 14.3 Å². The Kier molecular flexibility index (Phi) is 4.47. The molecule has 0 N–H and O–H groups in total. The number of fused-ring (bicyclic) bond motifs is 1. The van der Waals surface area contributed by atoms with Crippen LogP contribution in [0.25, 0.3) is 11.1 Å². The van der Waals surface area contributed by atoms with E-state index in [1.54, 1.807) is 18.1 Å². The maximum absolute atomic E-state index is 13.4. The van der Waals surface area contributed by atoms with Gasteiger partial charge in [0, 0.05) is 18.5 Å². The number of hydrogen-bond acceptors (Lipinski definition) is 3. The van der Waals surface area contributed by atoms with E-state index in [9.17, 15) is 9.59 Å². The van der Waals surface area contributed by atoms with Gasteiger partial charge in [0.2, 0.25) is 0 Å². The van der Waals surface area contributed by atoms with Crippen LogP contribution in [-0.2, 0) is 0 Å². The number of ketones is 1. The first-order valence-electron chi connectivity index (χ1n) is 8.86. The monoisotopic (exact) mass is 357 g/mol. The van der Waals surface area contributed by atoms with E-state index in [-0.39, 0.29) is 11.7 Å². The fourth-order valence-corrected chi connectivity index (χ4v) is 3.45. The second-order valence-electron chi connectivity index (χ2n) is 6.43. The van der Waals surface area contributed by atoms with Crippen molar-refractivity contribution in [2.24, 2.45) is 0 Å². The number of amides is 1. The molecule has 0 fully saturated rings. The van der Waals surface area contributed by atoms with Gasteiger partial charge in [0.05, 0.1) is 18.4 Å². The lowest BCUT2D eigenvalue weighted by Gasteiger charge is -2.29. The van der Waals surface area contributed by atoms with Gasteiger partial charge in [0.1, 0.15) is 5.75 Å². The first kappa shape index (κ1) is 17.0. The number of methoxy groups -OCH3 is 1. The summed E-state index contributed by atoms with van der Waals surface area (Å²) in [5.41, 5.74) is 3.72. The molecule has 1 amide bonds. The quantitative estimate of drug-likeness (QED) is 0.688. The summed E-state index contributed by atoms with van der Waals surface area (Å²) < 4.78 is 5.44. The van der Waals surface area contributed by atoms with Crippen molar-refractivity contribution in [3.05, 3.63) is 83.9 Å². The Hall–Kier alpha value is -3.40. The number of benzene rings is 3. The normalized spacial score (nSPS) is 13.2. The highest BCUT2D eigenvalue weighted by molar-refractivity contribution is 6.14. The van der Waals surface area contributed by atoms with E-state index in [2.05, 4.69) is 0 Å². The Morgan fingerprint density at radius 2 is 1.67 bits per heavy atom. The summed E-state index contributed by atoms with van der Waals surface area (Å²) in [5, 5.41) is 0. The average molecular weight is 357 g/mol. The van der Waals surface area contributed by atoms with Crippen LogP contribution in [0.4, 0.5) is 5.69 Å². The molecule has 3 aromatic rings. The first-order chi connectivity index (χ1) is 13.2. The smallest absolute Gasteiger partial charge is 0.262 e. The molecule has 0 spiro atoms. The summed E-state index contributed by atoms with van der Waals surface area (Å²) in [6, 6.07) is 22.8. The molecule has 3 aromatic carbocycles. The molecular formula is C23H19NO3. The molecule has 0 aliphatic carbocycles. The van der Waals surface area contributed by atoms with Crippen LogP contribution in [-0.4, -0.2) is 25.3 Å². The molecular weight excluding hydrogens is 338 g/mol. The van der Waals surface area contributed by atoms with Crippen molar-refractivity contribution >= 4 is 17.4 Å². The minimum atomic E-state index is -0.162. The van der Waals surface area contributed by atoms with Gasteiger partial charge in [-0.25, -0.2) is 0 Å². The summed E-state index contributed by atoms with van der Waals surface area (Å²) in [7, 11) is 1.56. The molecule has 1 aliphatic rings. The fourth-order valence-electron chi connectivity index (χ4n) is 3.45. The van der Waals surface area contributed by atoms with Crippen molar-refractivity contribution in [1.29, 1.82) is 0 Å². The maximum Gasteiger partial charge on any atom is 0.262 e. The van der Waals surface area contributed by atoms with Gasteiger partial charge in [-0.15, -0.1) is 0 Å². The molecule has 0 atom stereocenters. The molecule has 0 radical (unpaired) electrons. The second kappa shape index (κ2) is 7.08. The summed E-state index contributed by atoms with van der Waals surface area (Å²) in [6.07, 6.45) is 0.323. The summed E-state index contributed by atoms with van der Waals surface area (Å²) in [6.45, 7) is 0.368. The Bertz CT molecular complexity index is 1010. The highest BCUT2D eigenvalue weighted by Gasteiger charge is 2.29. The molecule has 4 rings (SSSR count). The predicted octanol–water partition coefficient (Wildman–Crippen LogP) is 4.60. The number of nitrogens with zero attached hydrogens (tertiary/aromatic N) is 1. The Morgan fingerprint density at radius 1 is 0.926 bits per heavy atom. The Balaban J connectivity index is 1.78. The number of carbonyl (C=O) groups excluding carboxylic acids is 2. The summed E-state index contributed by atoms with van der Waals surface area (Å²) in [5.74, 6) is 0.429. The maximum atomic E-state index is 13.4. The highest BCUT2D eigenvalue weighted by Crippen LogP contribution is 2.32. The first-order valence-corrected chi connectivity index (χ1v) is 8.86. The van der Waals surface area contributed by atoms with Gasteiger partial charge in [0.15, 0.2) is 5.78 Å². The Morgan fingerprint density at radius 3 is 2.44 bits per heavy atom. The van der Waals surface area contributed by atoms with Gasteiger partial charge in [-0.3, -0.25) is 9.59 Å². The third-order valence-corrected chi connectivity index (χ3v) is 4.84.